The van der Waals surface area contributed by atoms with Gasteiger partial charge in [-0.1, -0.05) is 0 Å². The summed E-state index contributed by atoms with van der Waals surface area (Å²) in [5.41, 5.74) is 3.49. The van der Waals surface area contributed by atoms with E-state index in [4.69, 9.17) is 4.74 Å². The van der Waals surface area contributed by atoms with Gasteiger partial charge in [0.05, 0.1) is 12.0 Å². The Morgan fingerprint density at radius 1 is 1.17 bits per heavy atom. The normalized spacial score (nSPS) is 10.9. The monoisotopic (exact) mass is 504 g/mol. The van der Waals surface area contributed by atoms with Gasteiger partial charge in [0, 0.05) is 73.4 Å². The third kappa shape index (κ3) is 5.31. The van der Waals surface area contributed by atoms with Gasteiger partial charge in [-0.25, -0.2) is 0 Å². The van der Waals surface area contributed by atoms with Gasteiger partial charge in [0.15, 0.2) is 0 Å². The number of methoxy groups -OCH3 is 1. The van der Waals surface area contributed by atoms with Crippen LogP contribution < -0.4 is 15.6 Å². The van der Waals surface area contributed by atoms with Crippen LogP contribution in [0.5, 0.6) is 5.75 Å². The number of pyridine rings is 2. The fourth-order valence-electron chi connectivity index (χ4n) is 4.06. The number of carbonyl (C=O) groups excluding carboxylic acids is 2. The highest BCUT2D eigenvalue weighted by atomic mass is 32.1. The molecule has 1 N–H and O–H groups in total. The maximum Gasteiger partial charge on any atom is 0.264 e. The summed E-state index contributed by atoms with van der Waals surface area (Å²) in [6.07, 6.45) is 3.70. The second kappa shape index (κ2) is 10.7. The predicted octanol–water partition coefficient (Wildman–Crippen LogP) is 3.76. The van der Waals surface area contributed by atoms with Crippen LogP contribution in [0.4, 0.5) is 0 Å². The van der Waals surface area contributed by atoms with E-state index in [1.165, 1.54) is 22.0 Å². The van der Waals surface area contributed by atoms with Crippen LogP contribution in [0, 0.1) is 6.92 Å². The molecular formula is C27H28N4O4S. The molecule has 0 aliphatic carbocycles. The van der Waals surface area contributed by atoms with Gasteiger partial charge in [0.25, 0.3) is 5.91 Å². The molecule has 186 valence electrons. The highest BCUT2D eigenvalue weighted by Gasteiger charge is 2.22. The number of ether oxygens (including phenoxy) is 1. The first-order chi connectivity index (χ1) is 17.3. The molecule has 0 fully saturated rings. The van der Waals surface area contributed by atoms with Crippen molar-refractivity contribution in [2.75, 3.05) is 20.7 Å². The summed E-state index contributed by atoms with van der Waals surface area (Å²) in [7, 11) is 4.89. The zero-order valence-electron chi connectivity index (χ0n) is 20.7. The number of hydrogen-bond acceptors (Lipinski definition) is 6. The van der Waals surface area contributed by atoms with E-state index in [1.807, 2.05) is 37.3 Å². The van der Waals surface area contributed by atoms with E-state index in [1.54, 1.807) is 44.6 Å². The topological polar surface area (TPSA) is 93.5 Å². The van der Waals surface area contributed by atoms with Gasteiger partial charge in [-0.05, 0) is 54.4 Å². The Morgan fingerprint density at radius 3 is 2.67 bits per heavy atom. The van der Waals surface area contributed by atoms with Gasteiger partial charge >= 0.3 is 0 Å². The number of carbonyl (C=O) groups is 2. The van der Waals surface area contributed by atoms with E-state index in [0.717, 1.165) is 32.5 Å². The van der Waals surface area contributed by atoms with Crippen LogP contribution in [-0.2, 0) is 18.4 Å². The molecule has 9 heteroatoms. The maximum absolute atomic E-state index is 13.8. The summed E-state index contributed by atoms with van der Waals surface area (Å²) >= 11 is 1.38. The molecule has 0 aliphatic heterocycles. The van der Waals surface area contributed by atoms with Gasteiger partial charge in [-0.2, -0.15) is 0 Å². The van der Waals surface area contributed by atoms with E-state index >= 15 is 0 Å². The lowest BCUT2D eigenvalue weighted by Gasteiger charge is -2.22. The Hall–Kier alpha value is -3.98. The van der Waals surface area contributed by atoms with Gasteiger partial charge in [-0.15, -0.1) is 11.3 Å². The molecule has 36 heavy (non-hydrogen) atoms. The third-order valence-corrected chi connectivity index (χ3v) is 7.14. The number of fused-ring (bicyclic) bond motifs is 1. The molecule has 0 radical (unpaired) electrons. The fraction of sp³-hybridized carbons (Fsp3) is 0.259. The largest absolute Gasteiger partial charge is 0.496 e. The lowest BCUT2D eigenvalue weighted by molar-refractivity contribution is -0.120. The van der Waals surface area contributed by atoms with Crippen molar-refractivity contribution in [3.05, 3.63) is 81.3 Å². The van der Waals surface area contributed by atoms with Crippen LogP contribution >= 0.6 is 11.3 Å². The number of nitrogens with zero attached hydrogens (tertiary/aromatic N) is 3. The van der Waals surface area contributed by atoms with Crippen LogP contribution in [0.2, 0.25) is 0 Å². The van der Waals surface area contributed by atoms with Crippen molar-refractivity contribution in [2.24, 2.45) is 7.05 Å². The van der Waals surface area contributed by atoms with Crippen LogP contribution in [-0.4, -0.2) is 47.0 Å². The highest BCUT2D eigenvalue weighted by molar-refractivity contribution is 7.21. The van der Waals surface area contributed by atoms with E-state index in [0.29, 0.717) is 17.2 Å². The molecule has 8 nitrogen and oxygen atoms in total. The Balaban J connectivity index is 1.76. The third-order valence-electron chi connectivity index (χ3n) is 5.98. The first-order valence-electron chi connectivity index (χ1n) is 11.5. The van der Waals surface area contributed by atoms with Crippen LogP contribution in [0.15, 0.2) is 59.7 Å². The van der Waals surface area contributed by atoms with Crippen molar-refractivity contribution in [2.45, 2.75) is 19.9 Å². The molecule has 0 spiro atoms. The van der Waals surface area contributed by atoms with Crippen molar-refractivity contribution < 1.29 is 14.3 Å². The minimum absolute atomic E-state index is 0.0938. The molecular weight excluding hydrogens is 476 g/mol. The smallest absolute Gasteiger partial charge is 0.264 e. The zero-order valence-corrected chi connectivity index (χ0v) is 21.5. The number of aromatic nitrogens is 2. The van der Waals surface area contributed by atoms with Gasteiger partial charge in [0.1, 0.15) is 5.75 Å². The molecule has 0 aliphatic rings. The minimum Gasteiger partial charge on any atom is -0.496 e. The number of benzene rings is 1. The number of nitrogens with one attached hydrogen (secondary N) is 1. The quantitative estimate of drug-likeness (QED) is 0.394. The average molecular weight is 505 g/mol. The molecule has 2 amide bonds. The number of hydrogen-bond donors (Lipinski definition) is 1. The zero-order chi connectivity index (χ0) is 25.8. The molecule has 4 aromatic rings. The predicted molar refractivity (Wildman–Crippen MR) is 141 cm³/mol. The lowest BCUT2D eigenvalue weighted by Crippen LogP contribution is -2.33. The summed E-state index contributed by atoms with van der Waals surface area (Å²) < 4.78 is 8.00. The van der Waals surface area contributed by atoms with Gasteiger partial charge in [-0.3, -0.25) is 19.4 Å². The van der Waals surface area contributed by atoms with E-state index < -0.39 is 0 Å². The maximum atomic E-state index is 13.8. The lowest BCUT2D eigenvalue weighted by atomic mass is 10.0. The Labute approximate surface area is 213 Å². The number of aryl methyl sites for hydroxylation is 2. The summed E-state index contributed by atoms with van der Waals surface area (Å²) in [6, 6.07) is 12.8. The molecule has 1 aromatic carbocycles. The molecule has 0 unspecified atom stereocenters. The standard InChI is InChI=1S/C27H28N4O4S/c1-17-13-18(9-11-29-17)15-31(12-10-24(32)28-2)27(34)23-14-21-22(35-4)7-6-20(26(21)36-23)19-5-8-25(33)30(3)16-19/h5-9,11,13-14,16H,10,12,15H2,1-4H3,(H,28,32). The van der Waals surface area contributed by atoms with E-state index in [2.05, 4.69) is 10.3 Å². The van der Waals surface area contributed by atoms with Crippen molar-refractivity contribution in [1.82, 2.24) is 19.8 Å². The highest BCUT2D eigenvalue weighted by Crippen LogP contribution is 2.40. The fourth-order valence-corrected chi connectivity index (χ4v) is 5.23. The Bertz CT molecular complexity index is 1490. The molecule has 0 bridgehead atoms. The van der Waals surface area contributed by atoms with Crippen molar-refractivity contribution >= 4 is 33.2 Å². The first kappa shape index (κ1) is 25.1. The average Bonchev–Trinajstić information content (AvgIpc) is 3.32. The summed E-state index contributed by atoms with van der Waals surface area (Å²) in [6.45, 7) is 2.54. The summed E-state index contributed by atoms with van der Waals surface area (Å²) in [5, 5.41) is 3.44. The first-order valence-corrected chi connectivity index (χ1v) is 12.3. The van der Waals surface area contributed by atoms with E-state index in [9.17, 15) is 14.4 Å². The van der Waals surface area contributed by atoms with Crippen molar-refractivity contribution in [3.63, 3.8) is 0 Å². The van der Waals surface area contributed by atoms with E-state index in [-0.39, 0.29) is 30.3 Å². The summed E-state index contributed by atoms with van der Waals surface area (Å²) in [4.78, 5) is 44.1. The summed E-state index contributed by atoms with van der Waals surface area (Å²) in [5.74, 6) is 0.368. The Kier molecular flexibility index (Phi) is 7.49. The molecule has 0 atom stereocenters. The molecule has 0 saturated heterocycles. The SMILES string of the molecule is CNC(=O)CCN(Cc1ccnc(C)c1)C(=O)c1cc2c(OC)ccc(-c3ccc(=O)n(C)c3)c2s1. The van der Waals surface area contributed by atoms with Crippen LogP contribution in [0.1, 0.15) is 27.3 Å². The van der Waals surface area contributed by atoms with Crippen LogP contribution in [0.25, 0.3) is 21.2 Å². The molecule has 3 heterocycles. The number of rotatable bonds is 8. The number of thiophene rings is 1. The van der Waals surface area contributed by atoms with Gasteiger partial charge in [0.2, 0.25) is 11.5 Å². The molecule has 0 saturated carbocycles. The second-order valence-electron chi connectivity index (χ2n) is 8.49. The Morgan fingerprint density at radius 2 is 1.97 bits per heavy atom. The van der Waals surface area contributed by atoms with Crippen LogP contribution in [0.3, 0.4) is 0 Å². The van der Waals surface area contributed by atoms with Crippen molar-refractivity contribution in [1.29, 1.82) is 0 Å². The molecule has 4 rings (SSSR count). The van der Waals surface area contributed by atoms with Crippen molar-refractivity contribution in [3.8, 4) is 16.9 Å². The molecule has 3 aromatic heterocycles. The number of amides is 2. The second-order valence-corrected chi connectivity index (χ2v) is 9.54. The minimum atomic E-state index is -0.164. The van der Waals surface area contributed by atoms with Gasteiger partial charge < -0.3 is 19.5 Å².